The summed E-state index contributed by atoms with van der Waals surface area (Å²) < 4.78 is 7.14. The minimum atomic E-state index is 0.998. The molecule has 0 saturated heterocycles. The van der Waals surface area contributed by atoms with Gasteiger partial charge in [-0.3, -0.25) is 4.98 Å². The Kier molecular flexibility index (Phi) is 5.92. The van der Waals surface area contributed by atoms with Crippen molar-refractivity contribution in [3.63, 3.8) is 0 Å². The summed E-state index contributed by atoms with van der Waals surface area (Å²) in [6, 6.07) is 63.5. The maximum atomic E-state index is 4.96. The Morgan fingerprint density at radius 3 is 1.37 bits per heavy atom. The van der Waals surface area contributed by atoms with Crippen LogP contribution in [-0.4, -0.2) is 18.7 Å². The third kappa shape index (κ3) is 4.11. The van der Waals surface area contributed by atoms with Gasteiger partial charge in [0.1, 0.15) is 0 Å². The number of fused-ring (bicyclic) bond motifs is 9. The summed E-state index contributed by atoms with van der Waals surface area (Å²) in [5.41, 5.74) is 13.8. The molecule has 0 saturated carbocycles. The monoisotopic (exact) mass is 650 g/mol. The van der Waals surface area contributed by atoms with E-state index in [1.54, 1.807) is 0 Å². The SMILES string of the molecule is c1ccc(-n2c3ccccc3c3cc4c(cc32)c2ncccc2n4-c2cccc(-c3cccc(-n4c5ccccc5c5ccccc54)c3)c2)cc1. The minimum absolute atomic E-state index is 0.998. The van der Waals surface area contributed by atoms with Crippen LogP contribution in [0, 0.1) is 0 Å². The topological polar surface area (TPSA) is 27.7 Å². The van der Waals surface area contributed by atoms with Gasteiger partial charge in [0.15, 0.2) is 0 Å². The number of pyridine rings is 1. The van der Waals surface area contributed by atoms with Crippen LogP contribution in [0.15, 0.2) is 182 Å². The fraction of sp³-hybridized carbons (Fsp3) is 0. The smallest absolute Gasteiger partial charge is 0.0964 e. The summed E-state index contributed by atoms with van der Waals surface area (Å²) in [4.78, 5) is 4.96. The zero-order valence-corrected chi connectivity index (χ0v) is 27.6. The van der Waals surface area contributed by atoms with E-state index in [4.69, 9.17) is 4.98 Å². The normalized spacial score (nSPS) is 11.9. The van der Waals surface area contributed by atoms with Gasteiger partial charge in [0.05, 0.1) is 38.6 Å². The Morgan fingerprint density at radius 1 is 0.294 bits per heavy atom. The van der Waals surface area contributed by atoms with Gasteiger partial charge in [-0.25, -0.2) is 0 Å². The van der Waals surface area contributed by atoms with Gasteiger partial charge in [0.25, 0.3) is 0 Å². The first-order valence-electron chi connectivity index (χ1n) is 17.4. The van der Waals surface area contributed by atoms with Gasteiger partial charge in [-0.1, -0.05) is 97.1 Å². The fourth-order valence-corrected chi connectivity index (χ4v) is 8.28. The van der Waals surface area contributed by atoms with Crippen molar-refractivity contribution < 1.29 is 0 Å². The zero-order chi connectivity index (χ0) is 33.5. The molecule has 0 amide bonds. The first-order chi connectivity index (χ1) is 25.3. The molecule has 4 nitrogen and oxygen atoms in total. The molecule has 0 aliphatic rings. The Hall–Kier alpha value is -6.91. The van der Waals surface area contributed by atoms with Crippen LogP contribution in [0.1, 0.15) is 0 Å². The predicted octanol–water partition coefficient (Wildman–Crippen LogP) is 12.0. The van der Waals surface area contributed by atoms with E-state index in [1.807, 2.05) is 12.3 Å². The van der Waals surface area contributed by atoms with Crippen LogP contribution in [0.2, 0.25) is 0 Å². The lowest BCUT2D eigenvalue weighted by Gasteiger charge is -2.13. The molecule has 0 radical (unpaired) electrons. The maximum Gasteiger partial charge on any atom is 0.0964 e. The summed E-state index contributed by atoms with van der Waals surface area (Å²) >= 11 is 0. The summed E-state index contributed by atoms with van der Waals surface area (Å²) in [7, 11) is 0. The van der Waals surface area contributed by atoms with Gasteiger partial charge in [0, 0.05) is 50.2 Å². The highest BCUT2D eigenvalue weighted by atomic mass is 15.0. The second-order valence-corrected chi connectivity index (χ2v) is 13.3. The maximum absolute atomic E-state index is 4.96. The van der Waals surface area contributed by atoms with Crippen molar-refractivity contribution in [3.05, 3.63) is 182 Å². The number of nitrogens with zero attached hydrogens (tertiary/aromatic N) is 4. The van der Waals surface area contributed by atoms with E-state index in [0.29, 0.717) is 0 Å². The molecule has 0 N–H and O–H groups in total. The Morgan fingerprint density at radius 2 is 0.745 bits per heavy atom. The molecule has 238 valence electrons. The molecule has 0 atom stereocenters. The van der Waals surface area contributed by atoms with Gasteiger partial charge < -0.3 is 13.7 Å². The lowest BCUT2D eigenvalue weighted by Crippen LogP contribution is -1.96. The second-order valence-electron chi connectivity index (χ2n) is 13.3. The number of hydrogen-bond donors (Lipinski definition) is 0. The standard InChI is InChI=1S/C47H30N4/c1-2-15-33(16-3-1)49-43-24-9-6-21-38(43)39-29-46-40(30-45(39)49)47-44(25-12-26-48-47)51(46)35-18-11-14-32(28-35)31-13-10-17-34(27-31)50-41-22-7-4-19-36(41)37-20-5-8-23-42(37)50/h1-30H. The lowest BCUT2D eigenvalue weighted by molar-refractivity contribution is 1.17. The molecule has 0 aliphatic carbocycles. The molecule has 4 heterocycles. The van der Waals surface area contributed by atoms with Crippen LogP contribution in [0.4, 0.5) is 0 Å². The molecule has 11 aromatic rings. The van der Waals surface area contributed by atoms with E-state index >= 15 is 0 Å². The second kappa shape index (κ2) is 10.8. The van der Waals surface area contributed by atoms with E-state index < -0.39 is 0 Å². The first-order valence-corrected chi connectivity index (χ1v) is 17.4. The van der Waals surface area contributed by atoms with Crippen molar-refractivity contribution in [3.8, 4) is 28.2 Å². The van der Waals surface area contributed by atoms with Crippen LogP contribution >= 0.6 is 0 Å². The molecule has 4 aromatic heterocycles. The van der Waals surface area contributed by atoms with E-state index in [0.717, 1.165) is 44.6 Å². The number of benzene rings is 7. The predicted molar refractivity (Wildman–Crippen MR) is 213 cm³/mol. The number of rotatable bonds is 4. The minimum Gasteiger partial charge on any atom is -0.309 e. The molecular formula is C47H30N4. The van der Waals surface area contributed by atoms with E-state index in [1.165, 1.54) is 49.2 Å². The van der Waals surface area contributed by atoms with Crippen LogP contribution < -0.4 is 0 Å². The molecule has 0 spiro atoms. The highest BCUT2D eigenvalue weighted by Gasteiger charge is 2.19. The molecule has 7 aromatic carbocycles. The van der Waals surface area contributed by atoms with Crippen molar-refractivity contribution in [2.75, 3.05) is 0 Å². The van der Waals surface area contributed by atoms with Crippen molar-refractivity contribution in [2.45, 2.75) is 0 Å². The molecule has 0 unspecified atom stereocenters. The molecule has 0 aliphatic heterocycles. The van der Waals surface area contributed by atoms with Crippen LogP contribution in [0.3, 0.4) is 0 Å². The number of para-hydroxylation sites is 4. The zero-order valence-electron chi connectivity index (χ0n) is 27.6. The molecule has 0 fully saturated rings. The number of aromatic nitrogens is 4. The highest BCUT2D eigenvalue weighted by molar-refractivity contribution is 6.18. The van der Waals surface area contributed by atoms with Gasteiger partial charge in [-0.15, -0.1) is 0 Å². The fourth-order valence-electron chi connectivity index (χ4n) is 8.28. The summed E-state index contributed by atoms with van der Waals surface area (Å²) in [5, 5.41) is 6.12. The molecule has 4 heteroatoms. The van der Waals surface area contributed by atoms with Gasteiger partial charge in [-0.05, 0) is 90.0 Å². The molecule has 0 bridgehead atoms. The Bertz CT molecular complexity index is 3090. The van der Waals surface area contributed by atoms with Gasteiger partial charge in [-0.2, -0.15) is 0 Å². The lowest BCUT2D eigenvalue weighted by atomic mass is 10.0. The average molecular weight is 651 g/mol. The molecular weight excluding hydrogens is 621 g/mol. The van der Waals surface area contributed by atoms with Gasteiger partial charge >= 0.3 is 0 Å². The number of hydrogen-bond acceptors (Lipinski definition) is 1. The van der Waals surface area contributed by atoms with Crippen molar-refractivity contribution >= 4 is 65.5 Å². The van der Waals surface area contributed by atoms with E-state index in [-0.39, 0.29) is 0 Å². The molecule has 11 rings (SSSR count). The summed E-state index contributed by atoms with van der Waals surface area (Å²) in [6.45, 7) is 0. The van der Waals surface area contributed by atoms with Crippen molar-refractivity contribution in [1.29, 1.82) is 0 Å². The van der Waals surface area contributed by atoms with Crippen LogP contribution in [0.5, 0.6) is 0 Å². The van der Waals surface area contributed by atoms with Gasteiger partial charge in [0.2, 0.25) is 0 Å². The van der Waals surface area contributed by atoms with E-state index in [9.17, 15) is 0 Å². The largest absolute Gasteiger partial charge is 0.309 e. The summed E-state index contributed by atoms with van der Waals surface area (Å²) in [6.07, 6.45) is 1.90. The van der Waals surface area contributed by atoms with Crippen molar-refractivity contribution in [1.82, 2.24) is 18.7 Å². The van der Waals surface area contributed by atoms with E-state index in [2.05, 4.69) is 184 Å². The quantitative estimate of drug-likeness (QED) is 0.186. The van der Waals surface area contributed by atoms with Crippen LogP contribution in [0.25, 0.3) is 93.7 Å². The summed E-state index contributed by atoms with van der Waals surface area (Å²) in [5.74, 6) is 0. The molecule has 51 heavy (non-hydrogen) atoms. The highest BCUT2D eigenvalue weighted by Crippen LogP contribution is 2.40. The first kappa shape index (κ1) is 28.0. The average Bonchev–Trinajstić information content (AvgIpc) is 3.83. The van der Waals surface area contributed by atoms with Crippen molar-refractivity contribution in [2.24, 2.45) is 0 Å². The third-order valence-corrected chi connectivity index (χ3v) is 10.4. The Labute approximate surface area is 293 Å². The Balaban J connectivity index is 1.12. The van der Waals surface area contributed by atoms with Crippen LogP contribution in [-0.2, 0) is 0 Å². The third-order valence-electron chi connectivity index (χ3n) is 10.4.